The Morgan fingerprint density at radius 2 is 1.88 bits per heavy atom. The first kappa shape index (κ1) is 11.0. The van der Waals surface area contributed by atoms with Gasteiger partial charge in [-0.25, -0.2) is 0 Å². The molecule has 1 heterocycles. The number of aromatic nitrogens is 2. The summed E-state index contributed by atoms with van der Waals surface area (Å²) < 4.78 is 6.21. The van der Waals surface area contributed by atoms with Crippen molar-refractivity contribution in [1.82, 2.24) is 9.97 Å². The van der Waals surface area contributed by atoms with Gasteiger partial charge >= 0.3 is 0 Å². The van der Waals surface area contributed by atoms with E-state index < -0.39 is 0 Å². The van der Waals surface area contributed by atoms with Gasteiger partial charge in [0.15, 0.2) is 4.77 Å². The zero-order chi connectivity index (χ0) is 11.5. The normalized spacial score (nSPS) is 10.7. The summed E-state index contributed by atoms with van der Waals surface area (Å²) in [6, 6.07) is 7.93. The molecule has 0 aliphatic heterocycles. The Labute approximate surface area is 99.5 Å². The number of nitrogens with one attached hydrogen (secondary N) is 2. The molecule has 0 unspecified atom stereocenters. The van der Waals surface area contributed by atoms with Crippen LogP contribution >= 0.6 is 12.2 Å². The smallest absolute Gasteiger partial charge is 0.174 e. The highest BCUT2D eigenvalue weighted by atomic mass is 32.1. The van der Waals surface area contributed by atoms with Crippen molar-refractivity contribution >= 4 is 12.2 Å². The second kappa shape index (κ2) is 4.53. The fraction of sp³-hybridized carbons (Fsp3) is 0.250. The lowest BCUT2D eigenvalue weighted by Gasteiger charge is -2.09. The summed E-state index contributed by atoms with van der Waals surface area (Å²) in [5.41, 5.74) is 2.07. The molecule has 0 spiro atoms. The van der Waals surface area contributed by atoms with Gasteiger partial charge in [-0.2, -0.15) is 0 Å². The number of ether oxygens (including phenoxy) is 1. The summed E-state index contributed by atoms with van der Waals surface area (Å²) in [6.07, 6.45) is 2.06. The molecule has 0 aliphatic rings. The number of imidazole rings is 1. The molecule has 0 saturated heterocycles. The monoisotopic (exact) mass is 234 g/mol. The molecule has 0 bridgehead atoms. The standard InChI is InChI=1S/C12H14N2OS/c1-8(2)15-10-5-3-9(4-6-10)11-7-13-12(16)14-11/h3-8H,1-2H3,(H2,13,14,16). The van der Waals surface area contributed by atoms with Gasteiger partial charge in [-0.3, -0.25) is 0 Å². The van der Waals surface area contributed by atoms with E-state index >= 15 is 0 Å². The number of hydrogen-bond acceptors (Lipinski definition) is 2. The minimum atomic E-state index is 0.198. The van der Waals surface area contributed by atoms with E-state index in [1.807, 2.05) is 44.3 Å². The minimum absolute atomic E-state index is 0.198. The highest BCUT2D eigenvalue weighted by molar-refractivity contribution is 7.71. The van der Waals surface area contributed by atoms with Crippen LogP contribution in [0.5, 0.6) is 5.75 Å². The molecule has 2 N–H and O–H groups in total. The quantitative estimate of drug-likeness (QED) is 0.798. The Bertz CT molecular complexity index is 510. The Morgan fingerprint density at radius 1 is 1.19 bits per heavy atom. The number of aromatic amines is 2. The van der Waals surface area contributed by atoms with Gasteiger partial charge in [-0.15, -0.1) is 0 Å². The topological polar surface area (TPSA) is 40.8 Å². The lowest BCUT2D eigenvalue weighted by Crippen LogP contribution is -2.05. The maximum atomic E-state index is 5.57. The SMILES string of the molecule is CC(C)Oc1ccc(-c2c[nH]c(=S)[nH]2)cc1. The molecule has 1 aromatic heterocycles. The van der Waals surface area contributed by atoms with E-state index in [2.05, 4.69) is 9.97 Å². The zero-order valence-electron chi connectivity index (χ0n) is 9.28. The van der Waals surface area contributed by atoms with Crippen LogP contribution in [0, 0.1) is 4.77 Å². The molecular weight excluding hydrogens is 220 g/mol. The molecular formula is C12H14N2OS. The highest BCUT2D eigenvalue weighted by Gasteiger charge is 2.01. The first-order chi connectivity index (χ1) is 7.65. The second-order valence-corrected chi connectivity index (χ2v) is 4.26. The van der Waals surface area contributed by atoms with Crippen LogP contribution in [0.25, 0.3) is 11.3 Å². The van der Waals surface area contributed by atoms with E-state index in [0.29, 0.717) is 4.77 Å². The lowest BCUT2D eigenvalue weighted by molar-refractivity contribution is 0.242. The third kappa shape index (κ3) is 2.52. The van der Waals surface area contributed by atoms with Crippen molar-refractivity contribution in [2.45, 2.75) is 20.0 Å². The average Bonchev–Trinajstić information content (AvgIpc) is 2.65. The highest BCUT2D eigenvalue weighted by Crippen LogP contribution is 2.20. The fourth-order valence-corrected chi connectivity index (χ4v) is 1.64. The molecule has 2 rings (SSSR count). The average molecular weight is 234 g/mol. The number of rotatable bonds is 3. The van der Waals surface area contributed by atoms with Crippen LogP contribution in [0.3, 0.4) is 0 Å². The van der Waals surface area contributed by atoms with Gasteiger partial charge in [0.1, 0.15) is 5.75 Å². The third-order valence-electron chi connectivity index (χ3n) is 2.13. The Kier molecular flexibility index (Phi) is 3.10. The molecule has 0 radical (unpaired) electrons. The number of hydrogen-bond donors (Lipinski definition) is 2. The van der Waals surface area contributed by atoms with Gasteiger partial charge in [0.05, 0.1) is 11.8 Å². The van der Waals surface area contributed by atoms with Crippen molar-refractivity contribution in [3.8, 4) is 17.0 Å². The van der Waals surface area contributed by atoms with E-state index in [9.17, 15) is 0 Å². The summed E-state index contributed by atoms with van der Waals surface area (Å²) in [4.78, 5) is 6.01. The van der Waals surface area contributed by atoms with Gasteiger partial charge < -0.3 is 14.7 Å². The number of H-pyrrole nitrogens is 2. The summed E-state index contributed by atoms with van der Waals surface area (Å²) in [6.45, 7) is 4.02. The van der Waals surface area contributed by atoms with Gasteiger partial charge in [-0.1, -0.05) is 0 Å². The molecule has 0 aliphatic carbocycles. The summed E-state index contributed by atoms with van der Waals surface area (Å²) in [7, 11) is 0. The van der Waals surface area contributed by atoms with Crippen molar-refractivity contribution < 1.29 is 4.74 Å². The first-order valence-electron chi connectivity index (χ1n) is 5.20. The van der Waals surface area contributed by atoms with Gasteiger partial charge in [-0.05, 0) is 55.9 Å². The zero-order valence-corrected chi connectivity index (χ0v) is 10.1. The third-order valence-corrected chi connectivity index (χ3v) is 2.35. The molecule has 4 heteroatoms. The van der Waals surface area contributed by atoms with E-state index in [1.54, 1.807) is 0 Å². The maximum Gasteiger partial charge on any atom is 0.174 e. The van der Waals surface area contributed by atoms with Gasteiger partial charge in [0.25, 0.3) is 0 Å². The largest absolute Gasteiger partial charge is 0.491 e. The van der Waals surface area contributed by atoms with Gasteiger partial charge in [0, 0.05) is 6.20 Å². The van der Waals surface area contributed by atoms with Crippen LogP contribution in [0.1, 0.15) is 13.8 Å². The molecule has 0 saturated carbocycles. The van der Waals surface area contributed by atoms with Gasteiger partial charge in [0.2, 0.25) is 0 Å². The van der Waals surface area contributed by atoms with Crippen LogP contribution in [0.2, 0.25) is 0 Å². The predicted molar refractivity (Wildman–Crippen MR) is 67.2 cm³/mol. The summed E-state index contributed by atoms with van der Waals surface area (Å²) in [5, 5.41) is 0. The van der Waals surface area contributed by atoms with Crippen molar-refractivity contribution in [3.63, 3.8) is 0 Å². The van der Waals surface area contributed by atoms with Crippen molar-refractivity contribution in [1.29, 1.82) is 0 Å². The van der Waals surface area contributed by atoms with Crippen LogP contribution < -0.4 is 4.74 Å². The Balaban J connectivity index is 2.22. The van der Waals surface area contributed by atoms with Crippen LogP contribution in [-0.2, 0) is 0 Å². The first-order valence-corrected chi connectivity index (χ1v) is 5.61. The molecule has 0 atom stereocenters. The Hall–Kier alpha value is -1.55. The van der Waals surface area contributed by atoms with Crippen molar-refractivity contribution in [2.75, 3.05) is 0 Å². The molecule has 0 amide bonds. The molecule has 2 aromatic rings. The number of benzene rings is 1. The van der Waals surface area contributed by atoms with Crippen LogP contribution in [0.4, 0.5) is 0 Å². The minimum Gasteiger partial charge on any atom is -0.491 e. The van der Waals surface area contributed by atoms with E-state index in [1.165, 1.54) is 0 Å². The van der Waals surface area contributed by atoms with E-state index in [4.69, 9.17) is 17.0 Å². The van der Waals surface area contributed by atoms with Crippen LogP contribution in [0.15, 0.2) is 30.5 Å². The maximum absolute atomic E-state index is 5.57. The van der Waals surface area contributed by atoms with E-state index in [-0.39, 0.29) is 6.10 Å². The van der Waals surface area contributed by atoms with Crippen molar-refractivity contribution in [3.05, 3.63) is 35.2 Å². The molecule has 16 heavy (non-hydrogen) atoms. The summed E-state index contributed by atoms with van der Waals surface area (Å²) >= 11 is 4.98. The summed E-state index contributed by atoms with van der Waals surface area (Å²) in [5.74, 6) is 0.882. The molecule has 0 fully saturated rings. The lowest BCUT2D eigenvalue weighted by atomic mass is 10.2. The Morgan fingerprint density at radius 3 is 2.38 bits per heavy atom. The molecule has 84 valence electrons. The predicted octanol–water partition coefficient (Wildman–Crippen LogP) is 3.53. The molecule has 3 nitrogen and oxygen atoms in total. The molecule has 1 aromatic carbocycles. The van der Waals surface area contributed by atoms with Crippen LogP contribution in [-0.4, -0.2) is 16.1 Å². The fourth-order valence-electron chi connectivity index (χ4n) is 1.47. The van der Waals surface area contributed by atoms with Crippen molar-refractivity contribution in [2.24, 2.45) is 0 Å². The second-order valence-electron chi connectivity index (χ2n) is 3.85. The van der Waals surface area contributed by atoms with E-state index in [0.717, 1.165) is 17.0 Å².